The Kier molecular flexibility index (Phi) is 5.80. The Hall–Kier alpha value is -1.85. The zero-order chi connectivity index (χ0) is 17.0. The number of nitrogens with one attached hydrogen (secondary N) is 1. The molecule has 2 aromatic rings. The molecule has 0 bridgehead atoms. The van der Waals surface area contributed by atoms with Gasteiger partial charge in [0.25, 0.3) is 5.91 Å². The van der Waals surface area contributed by atoms with E-state index in [1.54, 1.807) is 49.4 Å². The number of anilines is 1. The Morgan fingerprint density at radius 3 is 2.61 bits per heavy atom. The molecule has 0 aliphatic heterocycles. The minimum absolute atomic E-state index is 0.0597. The number of benzene rings is 2. The molecular formula is C17H15BrClNO3. The quantitative estimate of drug-likeness (QED) is 0.745. The fraction of sp³-hybridized carbons (Fsp3) is 0.176. The van der Waals surface area contributed by atoms with Crippen molar-refractivity contribution in [2.45, 2.75) is 20.0 Å². The summed E-state index contributed by atoms with van der Waals surface area (Å²) in [5.41, 5.74) is 1.09. The molecule has 4 nitrogen and oxygen atoms in total. The first-order valence-corrected chi connectivity index (χ1v) is 8.07. The van der Waals surface area contributed by atoms with Gasteiger partial charge in [0.1, 0.15) is 5.75 Å². The van der Waals surface area contributed by atoms with Crippen molar-refractivity contribution >= 4 is 44.9 Å². The summed E-state index contributed by atoms with van der Waals surface area (Å²) in [5, 5.41) is 3.30. The molecule has 0 fully saturated rings. The SMILES string of the molecule is CC(=O)c1cccc(NC(=O)C(C)Oc2ccc(Cl)cc2Br)c1. The molecule has 0 aliphatic carbocycles. The van der Waals surface area contributed by atoms with E-state index in [9.17, 15) is 9.59 Å². The van der Waals surface area contributed by atoms with Crippen LogP contribution in [-0.4, -0.2) is 17.8 Å². The van der Waals surface area contributed by atoms with Gasteiger partial charge in [0.15, 0.2) is 11.9 Å². The monoisotopic (exact) mass is 395 g/mol. The summed E-state index contributed by atoms with van der Waals surface area (Å²) in [6, 6.07) is 11.8. The number of ether oxygens (including phenoxy) is 1. The number of Topliss-reactive ketones (excluding diaryl/α,β-unsaturated/α-hetero) is 1. The third-order valence-electron chi connectivity index (χ3n) is 3.10. The fourth-order valence-corrected chi connectivity index (χ4v) is 2.65. The van der Waals surface area contributed by atoms with E-state index in [0.717, 1.165) is 0 Å². The van der Waals surface area contributed by atoms with Gasteiger partial charge in [0.2, 0.25) is 0 Å². The summed E-state index contributed by atoms with van der Waals surface area (Å²) < 4.78 is 6.30. The van der Waals surface area contributed by atoms with Crippen LogP contribution in [0.3, 0.4) is 0 Å². The van der Waals surface area contributed by atoms with Crippen LogP contribution in [-0.2, 0) is 4.79 Å². The summed E-state index contributed by atoms with van der Waals surface area (Å²) in [7, 11) is 0. The van der Waals surface area contributed by atoms with Gasteiger partial charge in [-0.3, -0.25) is 9.59 Å². The highest BCUT2D eigenvalue weighted by molar-refractivity contribution is 9.10. The number of hydrogen-bond donors (Lipinski definition) is 1. The lowest BCUT2D eigenvalue weighted by Gasteiger charge is -2.16. The van der Waals surface area contributed by atoms with Crippen LogP contribution < -0.4 is 10.1 Å². The average molecular weight is 397 g/mol. The predicted molar refractivity (Wildman–Crippen MR) is 94.3 cm³/mol. The molecule has 6 heteroatoms. The lowest BCUT2D eigenvalue weighted by molar-refractivity contribution is -0.122. The molecule has 1 amide bonds. The van der Waals surface area contributed by atoms with E-state index >= 15 is 0 Å². The minimum atomic E-state index is -0.714. The van der Waals surface area contributed by atoms with Crippen LogP contribution in [0.5, 0.6) is 5.75 Å². The number of halogens is 2. The molecule has 1 N–H and O–H groups in total. The minimum Gasteiger partial charge on any atom is -0.480 e. The summed E-state index contributed by atoms with van der Waals surface area (Å²) in [6.45, 7) is 3.12. The van der Waals surface area contributed by atoms with Crippen LogP contribution in [0.1, 0.15) is 24.2 Å². The molecule has 23 heavy (non-hydrogen) atoms. The van der Waals surface area contributed by atoms with Crippen molar-refractivity contribution in [3.05, 3.63) is 57.5 Å². The maximum Gasteiger partial charge on any atom is 0.265 e. The Balaban J connectivity index is 2.05. The second-order valence-electron chi connectivity index (χ2n) is 4.96. The first-order chi connectivity index (χ1) is 10.9. The molecule has 120 valence electrons. The molecule has 0 saturated heterocycles. The van der Waals surface area contributed by atoms with E-state index < -0.39 is 6.10 Å². The van der Waals surface area contributed by atoms with E-state index in [4.69, 9.17) is 16.3 Å². The summed E-state index contributed by atoms with van der Waals surface area (Å²) in [6.07, 6.45) is -0.714. The third-order valence-corrected chi connectivity index (χ3v) is 3.96. The first kappa shape index (κ1) is 17.5. The van der Waals surface area contributed by atoms with Gasteiger partial charge >= 0.3 is 0 Å². The average Bonchev–Trinajstić information content (AvgIpc) is 2.50. The fourth-order valence-electron chi connectivity index (χ4n) is 1.87. The summed E-state index contributed by atoms with van der Waals surface area (Å²) >= 11 is 9.21. The number of amides is 1. The van der Waals surface area contributed by atoms with Crippen LogP contribution in [0.15, 0.2) is 46.9 Å². The first-order valence-electron chi connectivity index (χ1n) is 6.90. The molecule has 0 heterocycles. The predicted octanol–water partition coefficient (Wildman–Crippen LogP) is 4.71. The van der Waals surface area contributed by atoms with Gasteiger partial charge in [-0.05, 0) is 60.1 Å². The van der Waals surface area contributed by atoms with Crippen molar-refractivity contribution in [3.63, 3.8) is 0 Å². The molecule has 0 aromatic heterocycles. The van der Waals surface area contributed by atoms with Crippen LogP contribution in [0, 0.1) is 0 Å². The third kappa shape index (κ3) is 4.81. The molecule has 2 aromatic carbocycles. The van der Waals surface area contributed by atoms with E-state index in [1.807, 2.05) is 0 Å². The van der Waals surface area contributed by atoms with Crippen molar-refractivity contribution in [2.75, 3.05) is 5.32 Å². The van der Waals surface area contributed by atoms with Crippen molar-refractivity contribution in [2.24, 2.45) is 0 Å². The van der Waals surface area contributed by atoms with Gasteiger partial charge in [-0.25, -0.2) is 0 Å². The molecule has 0 spiro atoms. The van der Waals surface area contributed by atoms with Crippen LogP contribution in [0.2, 0.25) is 5.02 Å². The second-order valence-corrected chi connectivity index (χ2v) is 6.25. The van der Waals surface area contributed by atoms with Crippen LogP contribution in [0.25, 0.3) is 0 Å². The normalized spacial score (nSPS) is 11.7. The Morgan fingerprint density at radius 1 is 1.22 bits per heavy atom. The summed E-state index contributed by atoms with van der Waals surface area (Å²) in [4.78, 5) is 23.6. The van der Waals surface area contributed by atoms with E-state index in [-0.39, 0.29) is 11.7 Å². The largest absolute Gasteiger partial charge is 0.480 e. The standard InChI is InChI=1S/C17H15BrClNO3/c1-10(21)12-4-3-5-14(8-12)20-17(22)11(2)23-16-7-6-13(19)9-15(16)18/h3-9,11H,1-2H3,(H,20,22). The number of ketones is 1. The Labute approximate surface area is 147 Å². The van der Waals surface area contributed by atoms with E-state index in [0.29, 0.717) is 26.5 Å². The van der Waals surface area contributed by atoms with Gasteiger partial charge in [-0.2, -0.15) is 0 Å². The lowest BCUT2D eigenvalue weighted by Crippen LogP contribution is -2.30. The molecule has 0 aliphatic rings. The van der Waals surface area contributed by atoms with Crippen molar-refractivity contribution < 1.29 is 14.3 Å². The Bertz CT molecular complexity index is 748. The maximum atomic E-state index is 12.2. The zero-order valence-electron chi connectivity index (χ0n) is 12.6. The van der Waals surface area contributed by atoms with Gasteiger partial charge < -0.3 is 10.1 Å². The van der Waals surface area contributed by atoms with Crippen molar-refractivity contribution in [3.8, 4) is 5.75 Å². The highest BCUT2D eigenvalue weighted by atomic mass is 79.9. The van der Waals surface area contributed by atoms with Crippen LogP contribution in [0.4, 0.5) is 5.69 Å². The number of hydrogen-bond acceptors (Lipinski definition) is 3. The Morgan fingerprint density at radius 2 is 1.96 bits per heavy atom. The molecule has 1 atom stereocenters. The highest BCUT2D eigenvalue weighted by Crippen LogP contribution is 2.28. The zero-order valence-corrected chi connectivity index (χ0v) is 14.9. The molecular weight excluding hydrogens is 382 g/mol. The molecule has 1 unspecified atom stereocenters. The topological polar surface area (TPSA) is 55.4 Å². The van der Waals surface area contributed by atoms with Gasteiger partial charge in [0, 0.05) is 16.3 Å². The number of carbonyl (C=O) groups is 2. The van der Waals surface area contributed by atoms with E-state index in [2.05, 4.69) is 21.2 Å². The molecule has 0 saturated carbocycles. The van der Waals surface area contributed by atoms with Crippen molar-refractivity contribution in [1.82, 2.24) is 0 Å². The highest BCUT2D eigenvalue weighted by Gasteiger charge is 2.16. The number of rotatable bonds is 5. The summed E-state index contributed by atoms with van der Waals surface area (Å²) in [5.74, 6) is 0.151. The van der Waals surface area contributed by atoms with Gasteiger partial charge in [-0.1, -0.05) is 23.7 Å². The number of carbonyl (C=O) groups excluding carboxylic acids is 2. The van der Waals surface area contributed by atoms with E-state index in [1.165, 1.54) is 6.92 Å². The van der Waals surface area contributed by atoms with Crippen LogP contribution >= 0.6 is 27.5 Å². The second kappa shape index (κ2) is 7.62. The lowest BCUT2D eigenvalue weighted by atomic mass is 10.1. The molecule has 2 rings (SSSR count). The van der Waals surface area contributed by atoms with Gasteiger partial charge in [0.05, 0.1) is 4.47 Å². The molecule has 0 radical (unpaired) electrons. The smallest absolute Gasteiger partial charge is 0.265 e. The maximum absolute atomic E-state index is 12.2. The van der Waals surface area contributed by atoms with Crippen molar-refractivity contribution in [1.29, 1.82) is 0 Å². The van der Waals surface area contributed by atoms with Gasteiger partial charge in [-0.15, -0.1) is 0 Å².